The van der Waals surface area contributed by atoms with E-state index in [2.05, 4.69) is 20.3 Å². The molecule has 174 valence electrons. The summed E-state index contributed by atoms with van der Waals surface area (Å²) in [6.07, 6.45) is 4.77. The third-order valence-corrected chi connectivity index (χ3v) is 5.13. The molecule has 0 aliphatic heterocycles. The standard InChI is InChI=1S/C23H26N4O6/c1-3-33-23(31)18-12-26-22(30)20(21(18)29)17(14-4-6-16(32-2)7-5-14)10-19(28)25-9-8-15-11-24-13-27-15/h4-7,11-13,17H,3,8-10H2,1-2H3,(H,24,27)(H,25,28)(H2,26,29,30)/t17-/m1/s1. The van der Waals surface area contributed by atoms with E-state index < -0.39 is 23.2 Å². The Bertz CT molecular complexity index is 1140. The van der Waals surface area contributed by atoms with Crippen molar-refractivity contribution in [3.05, 3.63) is 75.7 Å². The summed E-state index contributed by atoms with van der Waals surface area (Å²) in [6.45, 7) is 2.10. The number of carbonyl (C=O) groups excluding carboxylic acids is 2. The van der Waals surface area contributed by atoms with Crippen LogP contribution in [0.3, 0.4) is 0 Å². The van der Waals surface area contributed by atoms with Crippen molar-refractivity contribution in [2.45, 2.75) is 25.7 Å². The first-order valence-corrected chi connectivity index (χ1v) is 10.4. The van der Waals surface area contributed by atoms with Crippen molar-refractivity contribution in [1.29, 1.82) is 0 Å². The lowest BCUT2D eigenvalue weighted by atomic mass is 9.87. The fourth-order valence-corrected chi connectivity index (χ4v) is 3.46. The number of benzene rings is 1. The van der Waals surface area contributed by atoms with Gasteiger partial charge < -0.3 is 29.9 Å². The number of carbonyl (C=O) groups is 2. The lowest BCUT2D eigenvalue weighted by molar-refractivity contribution is -0.121. The summed E-state index contributed by atoms with van der Waals surface area (Å²) in [5.74, 6) is -1.83. The number of pyridine rings is 1. The number of ether oxygens (including phenoxy) is 2. The highest BCUT2D eigenvalue weighted by Gasteiger charge is 2.28. The van der Waals surface area contributed by atoms with Gasteiger partial charge in [0.05, 0.1) is 25.6 Å². The first-order valence-electron chi connectivity index (χ1n) is 10.4. The van der Waals surface area contributed by atoms with Gasteiger partial charge in [-0.3, -0.25) is 9.59 Å². The van der Waals surface area contributed by atoms with Crippen LogP contribution < -0.4 is 15.6 Å². The molecule has 0 saturated heterocycles. The first-order chi connectivity index (χ1) is 15.9. The molecule has 0 spiro atoms. The summed E-state index contributed by atoms with van der Waals surface area (Å²) in [5.41, 5.74) is 0.602. The fourth-order valence-electron chi connectivity index (χ4n) is 3.46. The zero-order chi connectivity index (χ0) is 23.8. The van der Waals surface area contributed by atoms with Gasteiger partial charge >= 0.3 is 5.97 Å². The molecule has 33 heavy (non-hydrogen) atoms. The molecule has 3 rings (SSSR count). The van der Waals surface area contributed by atoms with Gasteiger partial charge in [0.1, 0.15) is 17.1 Å². The number of imidazole rings is 1. The SMILES string of the molecule is CCOC(=O)c1c[nH]c(=O)c([C@H](CC(=O)NCCc2cnc[nH]2)c2ccc(OC)cc2)c1O. The number of nitrogens with zero attached hydrogens (tertiary/aromatic N) is 1. The maximum atomic E-state index is 12.7. The van der Waals surface area contributed by atoms with Crippen LogP contribution in [0.2, 0.25) is 0 Å². The van der Waals surface area contributed by atoms with E-state index >= 15 is 0 Å². The van der Waals surface area contributed by atoms with E-state index in [9.17, 15) is 19.5 Å². The van der Waals surface area contributed by atoms with Crippen LogP contribution in [-0.2, 0) is 16.0 Å². The van der Waals surface area contributed by atoms with Gasteiger partial charge in [-0.05, 0) is 24.6 Å². The molecule has 0 radical (unpaired) electrons. The van der Waals surface area contributed by atoms with E-state index in [4.69, 9.17) is 9.47 Å². The molecule has 1 amide bonds. The van der Waals surface area contributed by atoms with Crippen LogP contribution >= 0.6 is 0 Å². The summed E-state index contributed by atoms with van der Waals surface area (Å²) < 4.78 is 10.1. The molecule has 0 aliphatic carbocycles. The molecule has 10 nitrogen and oxygen atoms in total. The number of rotatable bonds is 10. The van der Waals surface area contributed by atoms with Gasteiger partial charge in [0, 0.05) is 43.4 Å². The Hall–Kier alpha value is -4.08. The van der Waals surface area contributed by atoms with Gasteiger partial charge in [0.2, 0.25) is 5.91 Å². The Morgan fingerprint density at radius 1 is 1.21 bits per heavy atom. The van der Waals surface area contributed by atoms with Crippen LogP contribution in [-0.4, -0.2) is 52.2 Å². The topological polar surface area (TPSA) is 146 Å². The van der Waals surface area contributed by atoms with Crippen molar-refractivity contribution in [2.75, 3.05) is 20.3 Å². The van der Waals surface area contributed by atoms with Crippen molar-refractivity contribution >= 4 is 11.9 Å². The van der Waals surface area contributed by atoms with Crippen molar-refractivity contribution in [1.82, 2.24) is 20.3 Å². The summed E-state index contributed by atoms with van der Waals surface area (Å²) in [6, 6.07) is 6.80. The second kappa shape index (κ2) is 11.0. The number of hydrogen-bond donors (Lipinski definition) is 4. The number of esters is 1. The van der Waals surface area contributed by atoms with E-state index in [0.29, 0.717) is 24.3 Å². The number of aromatic nitrogens is 3. The van der Waals surface area contributed by atoms with E-state index in [-0.39, 0.29) is 30.1 Å². The number of aromatic amines is 2. The number of amides is 1. The smallest absolute Gasteiger partial charge is 0.343 e. The fraction of sp³-hybridized carbons (Fsp3) is 0.304. The van der Waals surface area contributed by atoms with Crippen molar-refractivity contribution in [3.63, 3.8) is 0 Å². The Morgan fingerprint density at radius 2 is 1.97 bits per heavy atom. The van der Waals surface area contributed by atoms with Gasteiger partial charge in [0.25, 0.3) is 5.56 Å². The van der Waals surface area contributed by atoms with Crippen LogP contribution in [0.5, 0.6) is 11.5 Å². The number of H-pyrrole nitrogens is 2. The molecule has 3 aromatic rings. The molecule has 0 saturated carbocycles. The van der Waals surface area contributed by atoms with Gasteiger partial charge in [0.15, 0.2) is 0 Å². The van der Waals surface area contributed by atoms with Crippen molar-refractivity contribution < 1.29 is 24.2 Å². The van der Waals surface area contributed by atoms with Gasteiger partial charge in [-0.1, -0.05) is 12.1 Å². The molecular formula is C23H26N4O6. The van der Waals surface area contributed by atoms with E-state index in [1.54, 1.807) is 43.7 Å². The molecule has 0 fully saturated rings. The van der Waals surface area contributed by atoms with E-state index in [0.717, 1.165) is 11.9 Å². The quantitative estimate of drug-likeness (QED) is 0.342. The van der Waals surface area contributed by atoms with Gasteiger partial charge in [-0.2, -0.15) is 0 Å². The highest BCUT2D eigenvalue weighted by molar-refractivity contribution is 5.92. The number of hydrogen-bond acceptors (Lipinski definition) is 7. The highest BCUT2D eigenvalue weighted by atomic mass is 16.5. The molecule has 10 heteroatoms. The van der Waals surface area contributed by atoms with Crippen LogP contribution in [0.4, 0.5) is 0 Å². The second-order valence-corrected chi connectivity index (χ2v) is 7.22. The lowest BCUT2D eigenvalue weighted by Gasteiger charge is -2.19. The average Bonchev–Trinajstić information content (AvgIpc) is 3.32. The summed E-state index contributed by atoms with van der Waals surface area (Å²) in [5, 5.41) is 13.6. The molecule has 0 bridgehead atoms. The average molecular weight is 454 g/mol. The van der Waals surface area contributed by atoms with Crippen LogP contribution in [0.1, 0.15) is 46.4 Å². The maximum Gasteiger partial charge on any atom is 0.343 e. The van der Waals surface area contributed by atoms with Crippen LogP contribution in [0, 0.1) is 0 Å². The molecular weight excluding hydrogens is 428 g/mol. The molecule has 4 N–H and O–H groups in total. The molecule has 2 aromatic heterocycles. The van der Waals surface area contributed by atoms with Gasteiger partial charge in [-0.15, -0.1) is 0 Å². The molecule has 0 aliphatic rings. The number of nitrogens with one attached hydrogen (secondary N) is 3. The third-order valence-electron chi connectivity index (χ3n) is 5.13. The van der Waals surface area contributed by atoms with Crippen molar-refractivity contribution in [2.24, 2.45) is 0 Å². The lowest BCUT2D eigenvalue weighted by Crippen LogP contribution is -2.29. The number of aromatic hydroxyl groups is 1. The summed E-state index contributed by atoms with van der Waals surface area (Å²) in [7, 11) is 1.53. The highest BCUT2D eigenvalue weighted by Crippen LogP contribution is 2.34. The number of methoxy groups -OCH3 is 1. The Morgan fingerprint density at radius 3 is 2.61 bits per heavy atom. The Balaban J connectivity index is 1.91. The maximum absolute atomic E-state index is 12.7. The minimum atomic E-state index is -0.818. The van der Waals surface area contributed by atoms with E-state index in [1.165, 1.54) is 7.11 Å². The molecule has 1 atom stereocenters. The monoisotopic (exact) mass is 454 g/mol. The minimum Gasteiger partial charge on any atom is -0.506 e. The predicted molar refractivity (Wildman–Crippen MR) is 119 cm³/mol. The van der Waals surface area contributed by atoms with Gasteiger partial charge in [-0.25, -0.2) is 9.78 Å². The Kier molecular flexibility index (Phi) is 7.85. The third kappa shape index (κ3) is 5.79. The summed E-state index contributed by atoms with van der Waals surface area (Å²) in [4.78, 5) is 47.1. The Labute approximate surface area is 190 Å². The first kappa shape index (κ1) is 23.6. The largest absolute Gasteiger partial charge is 0.506 e. The zero-order valence-corrected chi connectivity index (χ0v) is 18.4. The van der Waals surface area contributed by atoms with Crippen LogP contribution in [0.25, 0.3) is 0 Å². The molecule has 2 heterocycles. The molecule has 1 aromatic carbocycles. The predicted octanol–water partition coefficient (Wildman–Crippen LogP) is 1.87. The van der Waals surface area contributed by atoms with Crippen LogP contribution in [0.15, 0.2) is 47.8 Å². The second-order valence-electron chi connectivity index (χ2n) is 7.22. The zero-order valence-electron chi connectivity index (χ0n) is 18.4. The molecule has 0 unspecified atom stereocenters. The minimum absolute atomic E-state index is 0.0885. The normalized spacial score (nSPS) is 11.6. The summed E-state index contributed by atoms with van der Waals surface area (Å²) >= 11 is 0. The van der Waals surface area contributed by atoms with Crippen molar-refractivity contribution in [3.8, 4) is 11.5 Å². The van der Waals surface area contributed by atoms with E-state index in [1.807, 2.05) is 0 Å².